The Labute approximate surface area is 195 Å². The van der Waals surface area contributed by atoms with Gasteiger partial charge in [0.15, 0.2) is 0 Å². The van der Waals surface area contributed by atoms with Gasteiger partial charge in [-0.2, -0.15) is 0 Å². The molecule has 2 amide bonds. The van der Waals surface area contributed by atoms with Crippen molar-refractivity contribution in [2.75, 3.05) is 5.32 Å². The Hall–Kier alpha value is -3.15. The van der Waals surface area contributed by atoms with Crippen LogP contribution in [0.4, 0.5) is 10.5 Å². The molecular formula is C27H34N4O2. The van der Waals surface area contributed by atoms with Crippen LogP contribution in [0.1, 0.15) is 76.2 Å². The first-order valence-electron chi connectivity index (χ1n) is 12.0. The average Bonchev–Trinajstić information content (AvgIpc) is 2.82. The van der Waals surface area contributed by atoms with Gasteiger partial charge in [-0.05, 0) is 55.5 Å². The second-order valence-electron chi connectivity index (χ2n) is 9.43. The van der Waals surface area contributed by atoms with Crippen molar-refractivity contribution in [1.29, 1.82) is 0 Å². The Morgan fingerprint density at radius 3 is 2.36 bits per heavy atom. The normalized spacial score (nSPS) is 15.5. The van der Waals surface area contributed by atoms with E-state index in [9.17, 15) is 9.59 Å². The Kier molecular flexibility index (Phi) is 6.82. The van der Waals surface area contributed by atoms with Crippen LogP contribution in [0.2, 0.25) is 0 Å². The Bertz CT molecular complexity index is 1180. The van der Waals surface area contributed by atoms with E-state index in [0.717, 1.165) is 31.4 Å². The number of amides is 2. The summed E-state index contributed by atoms with van der Waals surface area (Å²) in [5.74, 6) is 1.04. The number of carbonyl (C=O) groups is 1. The molecule has 2 aromatic carbocycles. The Morgan fingerprint density at radius 2 is 1.70 bits per heavy atom. The third-order valence-corrected chi connectivity index (χ3v) is 6.84. The zero-order chi connectivity index (χ0) is 23.5. The van der Waals surface area contributed by atoms with Crippen LogP contribution in [-0.2, 0) is 7.05 Å². The van der Waals surface area contributed by atoms with E-state index >= 15 is 0 Å². The summed E-state index contributed by atoms with van der Waals surface area (Å²) in [6.45, 7) is 6.29. The summed E-state index contributed by atoms with van der Waals surface area (Å²) in [7, 11) is 1.75. The SMILES string of the molecule is CC(C)c1ccc(NC(=O)N(C2CCCCC2)C(C)c2nc3ccccc3c(=O)n2C)cc1. The van der Waals surface area contributed by atoms with Crippen molar-refractivity contribution in [2.24, 2.45) is 7.05 Å². The van der Waals surface area contributed by atoms with Gasteiger partial charge < -0.3 is 10.2 Å². The fourth-order valence-corrected chi connectivity index (χ4v) is 4.89. The topological polar surface area (TPSA) is 67.2 Å². The van der Waals surface area contributed by atoms with E-state index in [-0.39, 0.29) is 23.7 Å². The maximum atomic E-state index is 13.6. The van der Waals surface area contributed by atoms with Crippen molar-refractivity contribution in [3.63, 3.8) is 0 Å². The number of urea groups is 1. The van der Waals surface area contributed by atoms with Gasteiger partial charge in [0.25, 0.3) is 5.56 Å². The first-order valence-corrected chi connectivity index (χ1v) is 12.0. The number of anilines is 1. The number of hydrogen-bond donors (Lipinski definition) is 1. The van der Waals surface area contributed by atoms with E-state index in [1.807, 2.05) is 42.2 Å². The van der Waals surface area contributed by atoms with Crippen molar-refractivity contribution in [1.82, 2.24) is 14.5 Å². The molecule has 0 spiro atoms. The summed E-state index contributed by atoms with van der Waals surface area (Å²) in [6.07, 6.45) is 5.34. The second kappa shape index (κ2) is 9.77. The van der Waals surface area contributed by atoms with Crippen LogP contribution in [0.15, 0.2) is 53.3 Å². The maximum absolute atomic E-state index is 13.6. The van der Waals surface area contributed by atoms with Crippen LogP contribution in [0, 0.1) is 0 Å². The summed E-state index contributed by atoms with van der Waals surface area (Å²) in [4.78, 5) is 33.3. The van der Waals surface area contributed by atoms with E-state index in [2.05, 4.69) is 31.3 Å². The standard InChI is InChI=1S/C27H34N4O2/c1-18(2)20-14-16-21(17-15-20)28-27(33)31(22-10-6-5-7-11-22)19(3)25-29-24-13-9-8-12-23(24)26(32)30(25)4/h8-9,12-19,22H,5-7,10-11H2,1-4H3,(H,28,33). The molecule has 0 radical (unpaired) electrons. The number of nitrogens with zero attached hydrogens (tertiary/aromatic N) is 3. The monoisotopic (exact) mass is 446 g/mol. The zero-order valence-corrected chi connectivity index (χ0v) is 20.0. The number of para-hydroxylation sites is 1. The van der Waals surface area contributed by atoms with Gasteiger partial charge in [0, 0.05) is 18.8 Å². The molecule has 4 rings (SSSR count). The van der Waals surface area contributed by atoms with Crippen molar-refractivity contribution < 1.29 is 4.79 Å². The Balaban J connectivity index is 1.68. The number of carbonyl (C=O) groups excluding carboxylic acids is 1. The fraction of sp³-hybridized carbons (Fsp3) is 0.444. The molecule has 1 aromatic heterocycles. The number of fused-ring (bicyclic) bond motifs is 1. The highest BCUT2D eigenvalue weighted by Gasteiger charge is 2.32. The quantitative estimate of drug-likeness (QED) is 0.524. The fourth-order valence-electron chi connectivity index (χ4n) is 4.89. The molecule has 3 aromatic rings. The highest BCUT2D eigenvalue weighted by molar-refractivity contribution is 5.90. The van der Waals surface area contributed by atoms with Gasteiger partial charge in [0.05, 0.1) is 16.9 Å². The molecule has 1 aliphatic rings. The van der Waals surface area contributed by atoms with Gasteiger partial charge in [0.1, 0.15) is 5.82 Å². The highest BCUT2D eigenvalue weighted by atomic mass is 16.2. The van der Waals surface area contributed by atoms with Gasteiger partial charge in [-0.3, -0.25) is 9.36 Å². The third kappa shape index (κ3) is 4.80. The predicted molar refractivity (Wildman–Crippen MR) is 134 cm³/mol. The highest BCUT2D eigenvalue weighted by Crippen LogP contribution is 2.30. The molecule has 6 heteroatoms. The molecule has 1 saturated carbocycles. The number of benzene rings is 2. The minimum absolute atomic E-state index is 0.0873. The maximum Gasteiger partial charge on any atom is 0.322 e. The number of rotatable bonds is 5. The van der Waals surface area contributed by atoms with Crippen molar-refractivity contribution in [3.8, 4) is 0 Å². The van der Waals surface area contributed by atoms with Crippen molar-refractivity contribution >= 4 is 22.6 Å². The summed E-state index contributed by atoms with van der Waals surface area (Å²) in [5.41, 5.74) is 2.59. The summed E-state index contributed by atoms with van der Waals surface area (Å²) in [6, 6.07) is 15.1. The van der Waals surface area contributed by atoms with E-state index in [1.54, 1.807) is 17.7 Å². The summed E-state index contributed by atoms with van der Waals surface area (Å²) in [5, 5.41) is 3.69. The van der Waals surface area contributed by atoms with E-state index in [1.165, 1.54) is 12.0 Å². The second-order valence-corrected chi connectivity index (χ2v) is 9.43. The van der Waals surface area contributed by atoms with Crippen LogP contribution in [0.3, 0.4) is 0 Å². The van der Waals surface area contributed by atoms with Gasteiger partial charge in [0.2, 0.25) is 0 Å². The van der Waals surface area contributed by atoms with E-state index in [4.69, 9.17) is 4.98 Å². The lowest BCUT2D eigenvalue weighted by molar-refractivity contribution is 0.134. The van der Waals surface area contributed by atoms with Crippen LogP contribution in [-0.4, -0.2) is 26.5 Å². The summed E-state index contributed by atoms with van der Waals surface area (Å²) < 4.78 is 1.59. The van der Waals surface area contributed by atoms with Gasteiger partial charge in [-0.25, -0.2) is 9.78 Å². The molecule has 6 nitrogen and oxygen atoms in total. The largest absolute Gasteiger partial charge is 0.322 e. The molecule has 1 aliphatic carbocycles. The molecule has 1 fully saturated rings. The Morgan fingerprint density at radius 1 is 1.03 bits per heavy atom. The number of hydrogen-bond acceptors (Lipinski definition) is 3. The summed E-state index contributed by atoms with van der Waals surface area (Å²) >= 11 is 0. The van der Waals surface area contributed by atoms with Crippen molar-refractivity contribution in [2.45, 2.75) is 70.9 Å². The molecular weight excluding hydrogens is 412 g/mol. The van der Waals surface area contributed by atoms with Gasteiger partial charge in [-0.15, -0.1) is 0 Å². The number of aromatic nitrogens is 2. The molecule has 1 N–H and O–H groups in total. The van der Waals surface area contributed by atoms with Crippen LogP contribution < -0.4 is 10.9 Å². The molecule has 1 heterocycles. The molecule has 0 aliphatic heterocycles. The van der Waals surface area contributed by atoms with Crippen LogP contribution in [0.5, 0.6) is 0 Å². The molecule has 0 saturated heterocycles. The van der Waals surface area contributed by atoms with Crippen LogP contribution in [0.25, 0.3) is 10.9 Å². The average molecular weight is 447 g/mol. The third-order valence-electron chi connectivity index (χ3n) is 6.84. The molecule has 1 atom stereocenters. The lowest BCUT2D eigenvalue weighted by Crippen LogP contribution is -2.46. The smallest absolute Gasteiger partial charge is 0.312 e. The predicted octanol–water partition coefficient (Wildman–Crippen LogP) is 5.98. The van der Waals surface area contributed by atoms with Gasteiger partial charge in [-0.1, -0.05) is 57.4 Å². The van der Waals surface area contributed by atoms with Gasteiger partial charge >= 0.3 is 6.03 Å². The first-order chi connectivity index (χ1) is 15.9. The minimum atomic E-state index is -0.342. The molecule has 33 heavy (non-hydrogen) atoms. The zero-order valence-electron chi connectivity index (χ0n) is 20.0. The van der Waals surface area contributed by atoms with E-state index < -0.39 is 0 Å². The minimum Gasteiger partial charge on any atom is -0.312 e. The lowest BCUT2D eigenvalue weighted by atomic mass is 9.93. The molecule has 174 valence electrons. The lowest BCUT2D eigenvalue weighted by Gasteiger charge is -2.38. The first kappa shape index (κ1) is 23.0. The number of nitrogens with one attached hydrogen (secondary N) is 1. The van der Waals surface area contributed by atoms with Crippen LogP contribution >= 0.6 is 0 Å². The molecule has 0 bridgehead atoms. The van der Waals surface area contributed by atoms with Crippen molar-refractivity contribution in [3.05, 3.63) is 70.3 Å². The van der Waals surface area contributed by atoms with E-state index in [0.29, 0.717) is 22.6 Å². The molecule has 1 unspecified atom stereocenters.